The molecular formula is C20H17ClN6O2S. The van der Waals surface area contributed by atoms with Crippen molar-refractivity contribution in [1.82, 2.24) is 14.9 Å². The summed E-state index contributed by atoms with van der Waals surface area (Å²) < 4.78 is 5.25. The number of guanidine groups is 1. The SMILES string of the molecule is COc1ccc2nc(/N=C(\N)N3C(=O)CSC3=Nc3ccc(Cl)cc3)nc(C)c2c1. The molecule has 152 valence electrons. The lowest BCUT2D eigenvalue weighted by atomic mass is 10.2. The topological polar surface area (TPSA) is 106 Å². The Bertz CT molecular complexity index is 1200. The maximum Gasteiger partial charge on any atom is 0.253 e. The molecule has 1 aromatic heterocycles. The lowest BCUT2D eigenvalue weighted by molar-refractivity contribution is -0.121. The van der Waals surface area contributed by atoms with Gasteiger partial charge in [0.25, 0.3) is 5.95 Å². The highest BCUT2D eigenvalue weighted by atomic mass is 35.5. The minimum Gasteiger partial charge on any atom is -0.497 e. The van der Waals surface area contributed by atoms with Crippen LogP contribution >= 0.6 is 23.4 Å². The summed E-state index contributed by atoms with van der Waals surface area (Å²) >= 11 is 7.20. The number of carbonyl (C=O) groups excluding carboxylic acids is 1. The number of nitrogens with two attached hydrogens (primary N) is 1. The Labute approximate surface area is 181 Å². The highest BCUT2D eigenvalue weighted by Crippen LogP contribution is 2.26. The van der Waals surface area contributed by atoms with Crippen molar-refractivity contribution < 1.29 is 9.53 Å². The molecule has 0 unspecified atom stereocenters. The number of halogens is 1. The zero-order chi connectivity index (χ0) is 21.3. The number of nitrogens with zero attached hydrogens (tertiary/aromatic N) is 5. The number of aromatic nitrogens is 2. The number of aryl methyl sites for hydroxylation is 1. The van der Waals surface area contributed by atoms with Gasteiger partial charge in [-0.15, -0.1) is 0 Å². The van der Waals surface area contributed by atoms with Crippen molar-refractivity contribution in [2.45, 2.75) is 6.92 Å². The molecule has 0 aliphatic carbocycles. The van der Waals surface area contributed by atoms with Crippen LogP contribution in [0.5, 0.6) is 5.75 Å². The monoisotopic (exact) mass is 440 g/mol. The predicted octanol–water partition coefficient (Wildman–Crippen LogP) is 3.81. The van der Waals surface area contributed by atoms with Crippen LogP contribution in [-0.2, 0) is 4.79 Å². The number of methoxy groups -OCH3 is 1. The number of aliphatic imine (C=N–C) groups is 2. The lowest BCUT2D eigenvalue weighted by Gasteiger charge is -2.14. The molecule has 2 aromatic carbocycles. The van der Waals surface area contributed by atoms with Crippen LogP contribution in [0.1, 0.15) is 5.69 Å². The highest BCUT2D eigenvalue weighted by Gasteiger charge is 2.31. The molecule has 1 fully saturated rings. The fourth-order valence-corrected chi connectivity index (χ4v) is 3.87. The first kappa shape index (κ1) is 20.1. The van der Waals surface area contributed by atoms with Gasteiger partial charge in [0, 0.05) is 10.4 Å². The second-order valence-corrected chi connectivity index (χ2v) is 7.73. The molecule has 0 spiro atoms. The number of thioether (sulfide) groups is 1. The van der Waals surface area contributed by atoms with Gasteiger partial charge in [-0.3, -0.25) is 4.79 Å². The van der Waals surface area contributed by atoms with Crippen molar-refractivity contribution >= 4 is 62.9 Å². The van der Waals surface area contributed by atoms with Gasteiger partial charge in [-0.25, -0.2) is 19.9 Å². The standard InChI is InChI=1S/C20H17ClN6O2S/c1-11-15-9-14(29-2)7-8-16(15)25-19(23-11)26-18(22)27-17(28)10-30-20(27)24-13-5-3-12(21)4-6-13/h3-9H,10H2,1-2H3,(H2,22,23,25,26). The summed E-state index contributed by atoms with van der Waals surface area (Å²) in [5, 5.41) is 1.89. The summed E-state index contributed by atoms with van der Waals surface area (Å²) in [6.45, 7) is 1.85. The summed E-state index contributed by atoms with van der Waals surface area (Å²) in [4.78, 5) is 31.3. The van der Waals surface area contributed by atoms with E-state index in [1.807, 2.05) is 25.1 Å². The summed E-state index contributed by atoms with van der Waals surface area (Å²) in [5.41, 5.74) is 8.23. The molecule has 1 aliphatic rings. The first-order chi connectivity index (χ1) is 14.4. The molecule has 1 saturated heterocycles. The maximum atomic E-state index is 12.4. The van der Waals surface area contributed by atoms with Crippen LogP contribution in [0, 0.1) is 6.92 Å². The fraction of sp³-hybridized carbons (Fsp3) is 0.150. The van der Waals surface area contributed by atoms with E-state index in [4.69, 9.17) is 22.1 Å². The van der Waals surface area contributed by atoms with Crippen molar-refractivity contribution in [3.05, 3.63) is 53.2 Å². The van der Waals surface area contributed by atoms with Crippen LogP contribution in [0.15, 0.2) is 52.4 Å². The van der Waals surface area contributed by atoms with E-state index in [9.17, 15) is 4.79 Å². The number of fused-ring (bicyclic) bond motifs is 1. The Morgan fingerprint density at radius 2 is 2.00 bits per heavy atom. The van der Waals surface area contributed by atoms with E-state index in [-0.39, 0.29) is 23.6 Å². The van der Waals surface area contributed by atoms with Crippen molar-refractivity contribution in [2.75, 3.05) is 12.9 Å². The second kappa shape index (κ2) is 8.29. The zero-order valence-electron chi connectivity index (χ0n) is 16.2. The normalized spacial score (nSPS) is 16.0. The van der Waals surface area contributed by atoms with Gasteiger partial charge < -0.3 is 10.5 Å². The molecule has 1 amide bonds. The van der Waals surface area contributed by atoms with E-state index in [2.05, 4.69) is 20.0 Å². The Kier molecular flexibility index (Phi) is 5.56. The molecule has 1 aliphatic heterocycles. The van der Waals surface area contributed by atoms with Crippen molar-refractivity contribution in [3.8, 4) is 5.75 Å². The Morgan fingerprint density at radius 3 is 2.73 bits per heavy atom. The number of amides is 1. The Balaban J connectivity index is 1.68. The quantitative estimate of drug-likeness (QED) is 0.490. The number of hydrogen-bond donors (Lipinski definition) is 1. The van der Waals surface area contributed by atoms with E-state index in [1.54, 1.807) is 31.4 Å². The van der Waals surface area contributed by atoms with E-state index >= 15 is 0 Å². The van der Waals surface area contributed by atoms with Crippen LogP contribution in [0.2, 0.25) is 5.02 Å². The van der Waals surface area contributed by atoms with Crippen LogP contribution in [0.25, 0.3) is 10.9 Å². The lowest BCUT2D eigenvalue weighted by Crippen LogP contribution is -2.41. The molecule has 4 rings (SSSR count). The second-order valence-electron chi connectivity index (χ2n) is 6.35. The molecular weight excluding hydrogens is 424 g/mol. The van der Waals surface area contributed by atoms with Crippen molar-refractivity contribution in [3.63, 3.8) is 0 Å². The highest BCUT2D eigenvalue weighted by molar-refractivity contribution is 8.15. The molecule has 8 nitrogen and oxygen atoms in total. The molecule has 0 saturated carbocycles. The number of benzene rings is 2. The van der Waals surface area contributed by atoms with E-state index in [0.717, 1.165) is 11.1 Å². The van der Waals surface area contributed by atoms with Crippen LogP contribution in [0.4, 0.5) is 11.6 Å². The third-order valence-corrected chi connectivity index (χ3v) is 5.52. The summed E-state index contributed by atoms with van der Waals surface area (Å²) in [7, 11) is 1.60. The minimum absolute atomic E-state index is 0.0371. The third-order valence-electron chi connectivity index (χ3n) is 4.34. The first-order valence-corrected chi connectivity index (χ1v) is 10.3. The fourth-order valence-electron chi connectivity index (χ4n) is 2.87. The van der Waals surface area contributed by atoms with E-state index < -0.39 is 0 Å². The van der Waals surface area contributed by atoms with Crippen LogP contribution in [-0.4, -0.2) is 44.8 Å². The van der Waals surface area contributed by atoms with Gasteiger partial charge in [-0.1, -0.05) is 23.4 Å². The molecule has 30 heavy (non-hydrogen) atoms. The number of rotatable bonds is 3. The van der Waals surface area contributed by atoms with Gasteiger partial charge in [0.1, 0.15) is 5.75 Å². The summed E-state index contributed by atoms with van der Waals surface area (Å²) in [6.07, 6.45) is 0. The predicted molar refractivity (Wildman–Crippen MR) is 120 cm³/mol. The van der Waals surface area contributed by atoms with Gasteiger partial charge in [-0.2, -0.15) is 4.99 Å². The largest absolute Gasteiger partial charge is 0.497 e. The number of carbonyl (C=O) groups is 1. The van der Waals surface area contributed by atoms with Gasteiger partial charge in [0.15, 0.2) is 5.17 Å². The smallest absolute Gasteiger partial charge is 0.253 e. The molecule has 0 radical (unpaired) electrons. The van der Waals surface area contributed by atoms with E-state index in [1.165, 1.54) is 16.7 Å². The average molecular weight is 441 g/mol. The van der Waals surface area contributed by atoms with Gasteiger partial charge >= 0.3 is 0 Å². The maximum absolute atomic E-state index is 12.4. The van der Waals surface area contributed by atoms with Crippen LogP contribution in [0.3, 0.4) is 0 Å². The Hall–Kier alpha value is -3.17. The van der Waals surface area contributed by atoms with Crippen LogP contribution < -0.4 is 10.5 Å². The van der Waals surface area contributed by atoms with Gasteiger partial charge in [0.2, 0.25) is 11.9 Å². The number of amidine groups is 1. The first-order valence-electron chi connectivity index (χ1n) is 8.91. The molecule has 0 bridgehead atoms. The molecule has 2 N–H and O–H groups in total. The number of ether oxygens (including phenoxy) is 1. The summed E-state index contributed by atoms with van der Waals surface area (Å²) in [6, 6.07) is 12.5. The third kappa shape index (κ3) is 4.07. The molecule has 2 heterocycles. The minimum atomic E-state index is -0.212. The van der Waals surface area contributed by atoms with Crippen molar-refractivity contribution in [1.29, 1.82) is 0 Å². The van der Waals surface area contributed by atoms with Crippen molar-refractivity contribution in [2.24, 2.45) is 15.7 Å². The summed E-state index contributed by atoms with van der Waals surface area (Å²) in [5.74, 6) is 0.854. The van der Waals surface area contributed by atoms with Gasteiger partial charge in [-0.05, 0) is 49.4 Å². The molecule has 3 aromatic rings. The van der Waals surface area contributed by atoms with E-state index in [0.29, 0.717) is 27.1 Å². The van der Waals surface area contributed by atoms with Gasteiger partial charge in [0.05, 0.1) is 29.8 Å². The average Bonchev–Trinajstić information content (AvgIpc) is 3.09. The number of hydrogen-bond acceptors (Lipinski definition) is 7. The Morgan fingerprint density at radius 1 is 1.23 bits per heavy atom. The molecule has 10 heteroatoms. The molecule has 0 atom stereocenters. The zero-order valence-corrected chi connectivity index (χ0v) is 17.7.